The van der Waals surface area contributed by atoms with Crippen LogP contribution >= 0.6 is 11.7 Å². The highest BCUT2D eigenvalue weighted by molar-refractivity contribution is 7.00. The predicted molar refractivity (Wildman–Crippen MR) is 58.2 cm³/mol. The van der Waals surface area contributed by atoms with Crippen molar-refractivity contribution in [2.75, 3.05) is 7.11 Å². The Morgan fingerprint density at radius 1 is 1.27 bits per heavy atom. The number of ether oxygens (including phenoxy) is 1. The highest BCUT2D eigenvalue weighted by atomic mass is 32.1. The lowest BCUT2D eigenvalue weighted by molar-refractivity contribution is 0.0602. The van der Waals surface area contributed by atoms with Crippen LogP contribution in [0.4, 0.5) is 0 Å². The van der Waals surface area contributed by atoms with Gasteiger partial charge in [0.2, 0.25) is 0 Å². The molecule has 0 atom stereocenters. The number of rotatable bonds is 1. The Balaban J connectivity index is 2.82. The summed E-state index contributed by atoms with van der Waals surface area (Å²) < 4.78 is 13.0. The fraction of sp³-hybridized carbons (Fsp3) is 0.300. The summed E-state index contributed by atoms with van der Waals surface area (Å²) in [4.78, 5) is 11.6. The number of nitrogens with zero attached hydrogens (tertiary/aromatic N) is 2. The van der Waals surface area contributed by atoms with Gasteiger partial charge >= 0.3 is 5.97 Å². The lowest BCUT2D eigenvalue weighted by Crippen LogP contribution is -2.05. The Hall–Kier alpha value is -1.49. The van der Waals surface area contributed by atoms with Crippen LogP contribution in [0.2, 0.25) is 0 Å². The number of methoxy groups -OCH3 is 1. The maximum atomic E-state index is 11.6. The summed E-state index contributed by atoms with van der Waals surface area (Å²) >= 11 is 1.11. The smallest absolute Gasteiger partial charge is 0.340 e. The van der Waals surface area contributed by atoms with Gasteiger partial charge in [0.05, 0.1) is 24.4 Å². The highest BCUT2D eigenvalue weighted by Crippen LogP contribution is 2.24. The molecule has 0 radical (unpaired) electrons. The molecule has 0 amide bonds. The molecule has 5 heteroatoms. The number of hydrogen-bond donors (Lipinski definition) is 0. The van der Waals surface area contributed by atoms with Gasteiger partial charge in [-0.2, -0.15) is 8.75 Å². The molecule has 0 N–H and O–H groups in total. The molecule has 0 aliphatic rings. The Labute approximate surface area is 91.2 Å². The Morgan fingerprint density at radius 2 is 1.93 bits per heavy atom. The maximum Gasteiger partial charge on any atom is 0.340 e. The third-order valence-electron chi connectivity index (χ3n) is 2.32. The number of aromatic nitrogens is 2. The van der Waals surface area contributed by atoms with Gasteiger partial charge in [0, 0.05) is 0 Å². The van der Waals surface area contributed by atoms with Crippen LogP contribution in [-0.4, -0.2) is 21.8 Å². The van der Waals surface area contributed by atoms with Gasteiger partial charge in [0.25, 0.3) is 0 Å². The molecule has 2 rings (SSSR count). The number of aryl methyl sites for hydroxylation is 2. The summed E-state index contributed by atoms with van der Waals surface area (Å²) in [7, 11) is 1.37. The van der Waals surface area contributed by atoms with Crippen molar-refractivity contribution in [1.29, 1.82) is 0 Å². The van der Waals surface area contributed by atoms with Gasteiger partial charge in [-0.3, -0.25) is 0 Å². The van der Waals surface area contributed by atoms with E-state index in [4.69, 9.17) is 4.74 Å². The molecule has 0 aliphatic heterocycles. The monoisotopic (exact) mass is 222 g/mol. The van der Waals surface area contributed by atoms with E-state index in [1.165, 1.54) is 7.11 Å². The van der Waals surface area contributed by atoms with Crippen LogP contribution in [0.25, 0.3) is 11.0 Å². The highest BCUT2D eigenvalue weighted by Gasteiger charge is 2.18. The molecule has 0 bridgehead atoms. The quantitative estimate of drug-likeness (QED) is 0.693. The van der Waals surface area contributed by atoms with Crippen molar-refractivity contribution in [2.24, 2.45) is 0 Å². The zero-order valence-electron chi connectivity index (χ0n) is 8.70. The number of fused-ring (bicyclic) bond motifs is 1. The van der Waals surface area contributed by atoms with Gasteiger partial charge in [-0.05, 0) is 25.0 Å². The molecule has 78 valence electrons. The first-order valence-electron chi connectivity index (χ1n) is 4.46. The van der Waals surface area contributed by atoms with Gasteiger partial charge in [0.1, 0.15) is 11.0 Å². The first kappa shape index (κ1) is 10.0. The van der Waals surface area contributed by atoms with Crippen LogP contribution in [0, 0.1) is 13.8 Å². The summed E-state index contributed by atoms with van der Waals surface area (Å²) in [5.41, 5.74) is 3.85. The molecule has 0 saturated heterocycles. The molecule has 1 aromatic carbocycles. The zero-order chi connectivity index (χ0) is 11.0. The number of carbonyl (C=O) groups excluding carboxylic acids is 1. The van der Waals surface area contributed by atoms with Gasteiger partial charge in [-0.1, -0.05) is 6.07 Å². The van der Waals surface area contributed by atoms with E-state index < -0.39 is 0 Å². The molecule has 0 fully saturated rings. The second-order valence-corrected chi connectivity index (χ2v) is 3.87. The minimum Gasteiger partial charge on any atom is -0.465 e. The second kappa shape index (κ2) is 3.58. The van der Waals surface area contributed by atoms with Crippen LogP contribution in [0.5, 0.6) is 0 Å². The first-order valence-corrected chi connectivity index (χ1v) is 5.19. The molecule has 1 aromatic heterocycles. The summed E-state index contributed by atoms with van der Waals surface area (Å²) in [5, 5.41) is 0. The van der Waals surface area contributed by atoms with Crippen LogP contribution in [0.1, 0.15) is 21.5 Å². The van der Waals surface area contributed by atoms with E-state index in [9.17, 15) is 4.79 Å². The van der Waals surface area contributed by atoms with E-state index >= 15 is 0 Å². The maximum absolute atomic E-state index is 11.6. The van der Waals surface area contributed by atoms with Crippen molar-refractivity contribution >= 4 is 28.7 Å². The number of esters is 1. The lowest BCUT2D eigenvalue weighted by atomic mass is 10.0. The second-order valence-electron chi connectivity index (χ2n) is 3.34. The van der Waals surface area contributed by atoms with Crippen molar-refractivity contribution in [3.63, 3.8) is 0 Å². The van der Waals surface area contributed by atoms with Crippen molar-refractivity contribution in [3.05, 3.63) is 22.8 Å². The van der Waals surface area contributed by atoms with E-state index in [0.717, 1.165) is 28.4 Å². The summed E-state index contributed by atoms with van der Waals surface area (Å²) in [6.07, 6.45) is 0. The molecule has 0 aliphatic carbocycles. The Bertz CT molecular complexity index is 533. The van der Waals surface area contributed by atoms with Crippen molar-refractivity contribution < 1.29 is 9.53 Å². The normalized spacial score (nSPS) is 10.6. The minimum absolute atomic E-state index is 0.356. The molecule has 2 aromatic rings. The largest absolute Gasteiger partial charge is 0.465 e. The lowest BCUT2D eigenvalue weighted by Gasteiger charge is -2.05. The van der Waals surface area contributed by atoms with E-state index in [1.54, 1.807) is 0 Å². The molecule has 4 nitrogen and oxygen atoms in total. The average molecular weight is 222 g/mol. The molecule has 0 unspecified atom stereocenters. The molecular weight excluding hydrogens is 212 g/mol. The predicted octanol–water partition coefficient (Wildman–Crippen LogP) is 2.09. The molecule has 0 spiro atoms. The first-order chi connectivity index (χ1) is 7.15. The van der Waals surface area contributed by atoms with Crippen LogP contribution in [-0.2, 0) is 4.74 Å². The summed E-state index contributed by atoms with van der Waals surface area (Å²) in [6.45, 7) is 3.83. The molecule has 0 saturated carbocycles. The van der Waals surface area contributed by atoms with Gasteiger partial charge in [-0.25, -0.2) is 4.79 Å². The van der Waals surface area contributed by atoms with Crippen molar-refractivity contribution in [1.82, 2.24) is 8.75 Å². The fourth-order valence-electron chi connectivity index (χ4n) is 1.62. The standard InChI is InChI=1S/C10H10N2O2S/c1-5-4-6(2)8-9(12-15-11-8)7(5)10(13)14-3/h4H,1-3H3. The number of benzene rings is 1. The Morgan fingerprint density at radius 3 is 2.60 bits per heavy atom. The van der Waals surface area contributed by atoms with Crippen LogP contribution < -0.4 is 0 Å². The van der Waals surface area contributed by atoms with Gasteiger partial charge in [0.15, 0.2) is 0 Å². The van der Waals surface area contributed by atoms with Crippen molar-refractivity contribution in [2.45, 2.75) is 13.8 Å². The van der Waals surface area contributed by atoms with Crippen LogP contribution in [0.15, 0.2) is 6.07 Å². The molecular formula is C10H10N2O2S. The third kappa shape index (κ3) is 1.48. The van der Waals surface area contributed by atoms with Crippen molar-refractivity contribution in [3.8, 4) is 0 Å². The van der Waals surface area contributed by atoms with Crippen LogP contribution in [0.3, 0.4) is 0 Å². The number of hydrogen-bond acceptors (Lipinski definition) is 5. The van der Waals surface area contributed by atoms with E-state index in [-0.39, 0.29) is 5.97 Å². The van der Waals surface area contributed by atoms with E-state index in [0.29, 0.717) is 11.1 Å². The molecule has 1 heterocycles. The average Bonchev–Trinajstić information content (AvgIpc) is 2.66. The third-order valence-corrected chi connectivity index (χ3v) is 2.84. The van der Waals surface area contributed by atoms with Gasteiger partial charge in [-0.15, -0.1) is 0 Å². The number of carbonyl (C=O) groups is 1. The summed E-state index contributed by atoms with van der Waals surface area (Å²) in [6, 6.07) is 1.93. The Kier molecular flexibility index (Phi) is 2.40. The topological polar surface area (TPSA) is 52.1 Å². The zero-order valence-corrected chi connectivity index (χ0v) is 9.51. The SMILES string of the molecule is COC(=O)c1c(C)cc(C)c2nsnc12. The summed E-state index contributed by atoms with van der Waals surface area (Å²) in [5.74, 6) is -0.356. The van der Waals surface area contributed by atoms with Gasteiger partial charge < -0.3 is 4.74 Å². The van der Waals surface area contributed by atoms with E-state index in [2.05, 4.69) is 8.75 Å². The molecule has 15 heavy (non-hydrogen) atoms. The van der Waals surface area contributed by atoms with E-state index in [1.807, 2.05) is 19.9 Å². The fourth-order valence-corrected chi connectivity index (χ4v) is 2.24. The minimum atomic E-state index is -0.356.